The van der Waals surface area contributed by atoms with Gasteiger partial charge in [-0.05, 0) is 30.5 Å². The third-order valence-electron chi connectivity index (χ3n) is 3.37. The quantitative estimate of drug-likeness (QED) is 0.758. The molecule has 1 aromatic carbocycles. The maximum absolute atomic E-state index is 12.2. The van der Waals surface area contributed by atoms with E-state index >= 15 is 0 Å². The van der Waals surface area contributed by atoms with Crippen LogP contribution in [0.25, 0.3) is 0 Å². The summed E-state index contributed by atoms with van der Waals surface area (Å²) in [5.74, 6) is 0.414. The SMILES string of the molecule is CN(Cc1cccc(Cl)c1)C(=O)CSc1nnc(NC2CC2)s1. The molecule has 1 heterocycles. The average Bonchev–Trinajstić information content (AvgIpc) is 3.21. The first-order valence-electron chi connectivity index (χ1n) is 7.31. The number of amides is 1. The van der Waals surface area contributed by atoms with Gasteiger partial charge in [-0.1, -0.05) is 46.8 Å². The lowest BCUT2D eigenvalue weighted by atomic mass is 10.2. The van der Waals surface area contributed by atoms with Crippen molar-refractivity contribution in [3.63, 3.8) is 0 Å². The Balaban J connectivity index is 1.47. The summed E-state index contributed by atoms with van der Waals surface area (Å²) in [5, 5.41) is 13.0. The number of anilines is 1. The summed E-state index contributed by atoms with van der Waals surface area (Å²) in [4.78, 5) is 13.9. The molecule has 0 aliphatic heterocycles. The molecule has 0 unspecified atom stereocenters. The monoisotopic (exact) mass is 368 g/mol. The second-order valence-electron chi connectivity index (χ2n) is 5.46. The molecule has 3 rings (SSSR count). The Hall–Kier alpha value is -1.31. The van der Waals surface area contributed by atoms with E-state index in [9.17, 15) is 4.79 Å². The number of halogens is 1. The van der Waals surface area contributed by atoms with Crippen molar-refractivity contribution in [3.8, 4) is 0 Å². The van der Waals surface area contributed by atoms with Crippen LogP contribution >= 0.6 is 34.7 Å². The molecular weight excluding hydrogens is 352 g/mol. The van der Waals surface area contributed by atoms with Gasteiger partial charge in [-0.15, -0.1) is 10.2 Å². The fraction of sp³-hybridized carbons (Fsp3) is 0.400. The van der Waals surface area contributed by atoms with Crippen LogP contribution in [0, 0.1) is 0 Å². The Morgan fingerprint density at radius 3 is 3.04 bits per heavy atom. The molecular formula is C15H17ClN4OS2. The molecule has 1 amide bonds. The molecule has 0 bridgehead atoms. The predicted octanol–water partition coefficient (Wildman–Crippen LogP) is 3.52. The van der Waals surface area contributed by atoms with Crippen LogP contribution in [0.5, 0.6) is 0 Å². The van der Waals surface area contributed by atoms with Gasteiger partial charge in [0.1, 0.15) is 0 Å². The molecule has 1 fully saturated rings. The number of aromatic nitrogens is 2. The van der Waals surface area contributed by atoms with Crippen LogP contribution in [0.3, 0.4) is 0 Å². The molecule has 5 nitrogen and oxygen atoms in total. The molecule has 0 atom stereocenters. The van der Waals surface area contributed by atoms with Gasteiger partial charge in [-0.25, -0.2) is 0 Å². The van der Waals surface area contributed by atoms with E-state index in [1.807, 2.05) is 24.3 Å². The lowest BCUT2D eigenvalue weighted by molar-refractivity contribution is -0.127. The molecule has 1 aliphatic carbocycles. The first kappa shape index (κ1) is 16.5. The highest BCUT2D eigenvalue weighted by molar-refractivity contribution is 8.01. The number of benzene rings is 1. The highest BCUT2D eigenvalue weighted by Gasteiger charge is 2.22. The average molecular weight is 369 g/mol. The van der Waals surface area contributed by atoms with Gasteiger partial charge >= 0.3 is 0 Å². The van der Waals surface area contributed by atoms with Crippen LogP contribution in [0.4, 0.5) is 5.13 Å². The minimum Gasteiger partial charge on any atom is -0.357 e. The number of thioether (sulfide) groups is 1. The van der Waals surface area contributed by atoms with Crippen LogP contribution in [0.2, 0.25) is 5.02 Å². The normalized spacial score (nSPS) is 13.8. The number of rotatable bonds is 7. The van der Waals surface area contributed by atoms with E-state index in [-0.39, 0.29) is 5.91 Å². The number of nitrogens with one attached hydrogen (secondary N) is 1. The minimum atomic E-state index is 0.0573. The summed E-state index contributed by atoms with van der Waals surface area (Å²) < 4.78 is 0.817. The van der Waals surface area contributed by atoms with E-state index in [0.717, 1.165) is 15.0 Å². The van der Waals surface area contributed by atoms with Gasteiger partial charge in [0.15, 0.2) is 4.34 Å². The summed E-state index contributed by atoms with van der Waals surface area (Å²) in [6.07, 6.45) is 2.41. The molecule has 23 heavy (non-hydrogen) atoms. The Labute approximate surface area is 148 Å². The molecule has 2 aromatic rings. The minimum absolute atomic E-state index is 0.0573. The first-order valence-corrected chi connectivity index (χ1v) is 9.49. The second-order valence-corrected chi connectivity index (χ2v) is 8.10. The van der Waals surface area contributed by atoms with Crippen molar-refractivity contribution < 1.29 is 4.79 Å². The first-order chi connectivity index (χ1) is 11.1. The van der Waals surface area contributed by atoms with Crippen LogP contribution in [0.1, 0.15) is 18.4 Å². The Morgan fingerprint density at radius 1 is 1.48 bits per heavy atom. The zero-order chi connectivity index (χ0) is 16.2. The fourth-order valence-corrected chi connectivity index (χ4v) is 3.94. The molecule has 1 aliphatic rings. The topological polar surface area (TPSA) is 58.1 Å². The zero-order valence-electron chi connectivity index (χ0n) is 12.7. The maximum atomic E-state index is 12.2. The van der Waals surface area contributed by atoms with E-state index in [2.05, 4.69) is 15.5 Å². The smallest absolute Gasteiger partial charge is 0.233 e. The van der Waals surface area contributed by atoms with Crippen LogP contribution in [-0.4, -0.2) is 39.8 Å². The number of carbonyl (C=O) groups excluding carboxylic acids is 1. The van der Waals surface area contributed by atoms with Crippen molar-refractivity contribution in [1.82, 2.24) is 15.1 Å². The predicted molar refractivity (Wildman–Crippen MR) is 95.2 cm³/mol. The van der Waals surface area contributed by atoms with Crippen molar-refractivity contribution in [2.75, 3.05) is 18.1 Å². The molecule has 1 N–H and O–H groups in total. The van der Waals surface area contributed by atoms with Crippen molar-refractivity contribution in [3.05, 3.63) is 34.9 Å². The Kier molecular flexibility index (Phi) is 5.40. The molecule has 1 saturated carbocycles. The van der Waals surface area contributed by atoms with Gasteiger partial charge in [0, 0.05) is 24.7 Å². The van der Waals surface area contributed by atoms with Gasteiger partial charge in [0.05, 0.1) is 5.75 Å². The molecule has 1 aromatic heterocycles. The van der Waals surface area contributed by atoms with Crippen molar-refractivity contribution in [2.24, 2.45) is 0 Å². The van der Waals surface area contributed by atoms with Gasteiger partial charge in [-0.2, -0.15) is 0 Å². The number of nitrogens with zero attached hydrogens (tertiary/aromatic N) is 3. The van der Waals surface area contributed by atoms with Gasteiger partial charge < -0.3 is 10.2 Å². The van der Waals surface area contributed by atoms with Crippen LogP contribution < -0.4 is 5.32 Å². The highest BCUT2D eigenvalue weighted by Crippen LogP contribution is 2.30. The fourth-order valence-electron chi connectivity index (χ4n) is 1.96. The number of hydrogen-bond donors (Lipinski definition) is 1. The van der Waals surface area contributed by atoms with E-state index in [1.54, 1.807) is 11.9 Å². The number of hydrogen-bond acceptors (Lipinski definition) is 6. The Bertz CT molecular complexity index is 690. The maximum Gasteiger partial charge on any atom is 0.233 e. The van der Waals surface area contributed by atoms with Crippen LogP contribution in [-0.2, 0) is 11.3 Å². The zero-order valence-corrected chi connectivity index (χ0v) is 15.0. The lowest BCUT2D eigenvalue weighted by Gasteiger charge is -2.16. The molecule has 8 heteroatoms. The summed E-state index contributed by atoms with van der Waals surface area (Å²) in [7, 11) is 1.80. The summed E-state index contributed by atoms with van der Waals surface area (Å²) in [6.45, 7) is 0.546. The highest BCUT2D eigenvalue weighted by atomic mass is 35.5. The Morgan fingerprint density at radius 2 is 2.30 bits per heavy atom. The summed E-state index contributed by atoms with van der Waals surface area (Å²) >= 11 is 8.89. The molecule has 0 saturated heterocycles. The van der Waals surface area contributed by atoms with Gasteiger partial charge in [-0.3, -0.25) is 4.79 Å². The van der Waals surface area contributed by atoms with E-state index in [1.165, 1.54) is 35.9 Å². The van der Waals surface area contributed by atoms with Crippen molar-refractivity contribution >= 4 is 45.7 Å². The molecule has 0 radical (unpaired) electrons. The third-order valence-corrected chi connectivity index (χ3v) is 5.57. The van der Waals surface area contributed by atoms with Gasteiger partial charge in [0.2, 0.25) is 11.0 Å². The molecule has 0 spiro atoms. The lowest BCUT2D eigenvalue weighted by Crippen LogP contribution is -2.27. The molecule has 122 valence electrons. The van der Waals surface area contributed by atoms with E-state index in [4.69, 9.17) is 11.6 Å². The standard InChI is InChI=1S/C15H17ClN4OS2/c1-20(8-10-3-2-4-11(16)7-10)13(21)9-22-15-19-18-14(23-15)17-12-5-6-12/h2-4,7,12H,5-6,8-9H2,1H3,(H,17,18). The largest absolute Gasteiger partial charge is 0.357 e. The summed E-state index contributed by atoms with van der Waals surface area (Å²) in [5.41, 5.74) is 1.02. The number of carbonyl (C=O) groups is 1. The van der Waals surface area contributed by atoms with E-state index < -0.39 is 0 Å². The van der Waals surface area contributed by atoms with Crippen molar-refractivity contribution in [2.45, 2.75) is 29.8 Å². The third kappa shape index (κ3) is 5.09. The second kappa shape index (κ2) is 7.51. The van der Waals surface area contributed by atoms with Crippen LogP contribution in [0.15, 0.2) is 28.6 Å². The van der Waals surface area contributed by atoms with Crippen molar-refractivity contribution in [1.29, 1.82) is 0 Å². The van der Waals surface area contributed by atoms with E-state index in [0.29, 0.717) is 23.4 Å². The summed E-state index contributed by atoms with van der Waals surface area (Å²) in [6, 6.07) is 8.11. The van der Waals surface area contributed by atoms with Gasteiger partial charge in [0.25, 0.3) is 0 Å².